The number of hydrogen-bond donors (Lipinski definition) is 1. The van der Waals surface area contributed by atoms with Crippen LogP contribution in [0.15, 0.2) is 89.5 Å². The molecule has 0 atom stereocenters. The summed E-state index contributed by atoms with van der Waals surface area (Å²) in [6.07, 6.45) is 1.96. The molecule has 1 N–H and O–H groups in total. The summed E-state index contributed by atoms with van der Waals surface area (Å²) in [4.78, 5) is 10.2. The van der Waals surface area contributed by atoms with E-state index in [2.05, 4.69) is 158 Å². The minimum atomic E-state index is -0.186. The first kappa shape index (κ1) is 39.0. The van der Waals surface area contributed by atoms with Crippen LogP contribution in [-0.4, -0.2) is 15.1 Å². The van der Waals surface area contributed by atoms with Gasteiger partial charge >= 0.3 is 0 Å². The molecule has 54 heavy (non-hydrogen) atoms. The number of para-hydroxylation sites is 1. The standard InChI is InChI=1S/C50H60N2O2/c1-46(2,3)32-22-31(23-33(25-32)47(4,5)6)30-20-21-51-41(24-30)38-28-36(39(49(10,11)12)29-40(38)50(13,14)15)37-26-34(48(7,8)9)27-43-44(37)52-45(54-43)35-18-16-17-19-42(35)53/h16-29,53H,1-15H3. The average molecular weight is 721 g/mol. The van der Waals surface area contributed by atoms with Gasteiger partial charge in [-0.25, -0.2) is 4.98 Å². The summed E-state index contributed by atoms with van der Waals surface area (Å²) >= 11 is 0. The third-order valence-corrected chi connectivity index (χ3v) is 10.6. The van der Waals surface area contributed by atoms with E-state index in [1.807, 2.05) is 24.4 Å². The van der Waals surface area contributed by atoms with Gasteiger partial charge in [0.15, 0.2) is 5.58 Å². The van der Waals surface area contributed by atoms with Crippen molar-refractivity contribution in [1.29, 1.82) is 0 Å². The van der Waals surface area contributed by atoms with E-state index in [1.165, 1.54) is 27.8 Å². The van der Waals surface area contributed by atoms with E-state index in [-0.39, 0.29) is 32.8 Å². The van der Waals surface area contributed by atoms with Crippen LogP contribution in [0.4, 0.5) is 0 Å². The molecule has 0 saturated heterocycles. The second-order valence-electron chi connectivity index (χ2n) is 20.3. The van der Waals surface area contributed by atoms with Crippen molar-refractivity contribution in [1.82, 2.24) is 9.97 Å². The second kappa shape index (κ2) is 13.3. The number of phenols is 1. The third kappa shape index (κ3) is 7.76. The molecule has 2 aromatic heterocycles. The summed E-state index contributed by atoms with van der Waals surface area (Å²) in [6.45, 7) is 34.1. The van der Waals surface area contributed by atoms with Crippen molar-refractivity contribution >= 4 is 11.1 Å². The van der Waals surface area contributed by atoms with Crippen LogP contribution in [0.3, 0.4) is 0 Å². The zero-order chi connectivity index (χ0) is 39.8. The fourth-order valence-electron chi connectivity index (χ4n) is 7.13. The van der Waals surface area contributed by atoms with Crippen LogP contribution < -0.4 is 0 Å². The van der Waals surface area contributed by atoms with Gasteiger partial charge in [0.1, 0.15) is 11.3 Å². The van der Waals surface area contributed by atoms with Crippen LogP contribution in [0.5, 0.6) is 5.75 Å². The smallest absolute Gasteiger partial charge is 0.231 e. The maximum Gasteiger partial charge on any atom is 0.231 e. The Morgan fingerprint density at radius 1 is 0.481 bits per heavy atom. The lowest BCUT2D eigenvalue weighted by Gasteiger charge is -2.31. The number of oxazole rings is 1. The molecule has 0 aliphatic rings. The summed E-state index contributed by atoms with van der Waals surface area (Å²) in [6, 6.07) is 27.9. The lowest BCUT2D eigenvalue weighted by atomic mass is 9.74. The monoisotopic (exact) mass is 720 g/mol. The Hall–Kier alpha value is -4.70. The minimum Gasteiger partial charge on any atom is -0.507 e. The molecule has 0 aliphatic heterocycles. The number of benzene rings is 4. The number of aromatic nitrogens is 2. The topological polar surface area (TPSA) is 59.2 Å². The highest BCUT2D eigenvalue weighted by Crippen LogP contribution is 2.46. The Balaban J connectivity index is 1.67. The maximum atomic E-state index is 10.8. The molecule has 282 valence electrons. The van der Waals surface area contributed by atoms with Gasteiger partial charge < -0.3 is 9.52 Å². The van der Waals surface area contributed by atoms with Gasteiger partial charge in [0.05, 0.1) is 11.3 Å². The van der Waals surface area contributed by atoms with Gasteiger partial charge in [-0.2, -0.15) is 0 Å². The number of fused-ring (bicyclic) bond motifs is 1. The third-order valence-electron chi connectivity index (χ3n) is 10.6. The molecule has 0 unspecified atom stereocenters. The number of pyridine rings is 1. The Morgan fingerprint density at radius 3 is 1.59 bits per heavy atom. The molecule has 4 nitrogen and oxygen atoms in total. The zero-order valence-electron chi connectivity index (χ0n) is 35.3. The fraction of sp³-hybridized carbons (Fsp3) is 0.400. The van der Waals surface area contributed by atoms with Crippen molar-refractivity contribution in [3.8, 4) is 50.7 Å². The van der Waals surface area contributed by atoms with E-state index in [1.54, 1.807) is 6.07 Å². The molecule has 4 heteroatoms. The van der Waals surface area contributed by atoms with Crippen LogP contribution in [-0.2, 0) is 27.1 Å². The molecule has 2 heterocycles. The number of phenolic OH excluding ortho intramolecular Hbond substituents is 1. The summed E-state index contributed by atoms with van der Waals surface area (Å²) in [5.41, 5.74) is 14.4. The van der Waals surface area contributed by atoms with Crippen molar-refractivity contribution in [2.24, 2.45) is 0 Å². The molecule has 0 fully saturated rings. The molecular weight excluding hydrogens is 661 g/mol. The number of aromatic hydroxyl groups is 1. The van der Waals surface area contributed by atoms with Gasteiger partial charge in [-0.1, -0.05) is 140 Å². The lowest BCUT2D eigenvalue weighted by molar-refractivity contribution is 0.474. The van der Waals surface area contributed by atoms with E-state index in [0.29, 0.717) is 17.0 Å². The second-order valence-corrected chi connectivity index (χ2v) is 20.3. The predicted molar refractivity (Wildman–Crippen MR) is 229 cm³/mol. The van der Waals surface area contributed by atoms with Crippen LogP contribution in [0.2, 0.25) is 0 Å². The normalized spacial score (nSPS) is 13.2. The molecule has 0 aliphatic carbocycles. The Labute approximate surface area is 324 Å². The van der Waals surface area contributed by atoms with E-state index < -0.39 is 0 Å². The van der Waals surface area contributed by atoms with Gasteiger partial charge in [0.25, 0.3) is 0 Å². The first-order valence-corrected chi connectivity index (χ1v) is 19.4. The van der Waals surface area contributed by atoms with Crippen LogP contribution in [0.25, 0.3) is 56.1 Å². The first-order chi connectivity index (χ1) is 24.8. The van der Waals surface area contributed by atoms with Crippen molar-refractivity contribution < 1.29 is 9.52 Å². The van der Waals surface area contributed by atoms with Gasteiger partial charge in [-0.3, -0.25) is 4.98 Å². The largest absolute Gasteiger partial charge is 0.507 e. The van der Waals surface area contributed by atoms with Crippen molar-refractivity contribution in [3.63, 3.8) is 0 Å². The zero-order valence-corrected chi connectivity index (χ0v) is 35.3. The highest BCUT2D eigenvalue weighted by atomic mass is 16.3. The number of nitrogens with zero attached hydrogens (tertiary/aromatic N) is 2. The summed E-state index contributed by atoms with van der Waals surface area (Å²) in [7, 11) is 0. The predicted octanol–water partition coefficient (Wildman–Crippen LogP) is 14.1. The number of hydrogen-bond acceptors (Lipinski definition) is 4. The van der Waals surface area contributed by atoms with Crippen molar-refractivity contribution in [2.75, 3.05) is 0 Å². The van der Waals surface area contributed by atoms with Gasteiger partial charge in [-0.15, -0.1) is 0 Å². The average Bonchev–Trinajstić information content (AvgIpc) is 3.49. The Bertz CT molecular complexity index is 2320. The lowest BCUT2D eigenvalue weighted by Crippen LogP contribution is -2.19. The van der Waals surface area contributed by atoms with E-state index >= 15 is 0 Å². The Kier molecular flexibility index (Phi) is 9.57. The van der Waals surface area contributed by atoms with Gasteiger partial charge in [0.2, 0.25) is 5.89 Å². The summed E-state index contributed by atoms with van der Waals surface area (Å²) in [5, 5.41) is 10.8. The molecule has 4 aromatic carbocycles. The van der Waals surface area contributed by atoms with Crippen molar-refractivity contribution in [3.05, 3.63) is 113 Å². The van der Waals surface area contributed by atoms with E-state index in [0.717, 1.165) is 39.0 Å². The first-order valence-electron chi connectivity index (χ1n) is 19.4. The molecule has 0 spiro atoms. The van der Waals surface area contributed by atoms with E-state index in [4.69, 9.17) is 14.4 Å². The maximum absolute atomic E-state index is 10.8. The minimum absolute atomic E-state index is 0.0101. The SMILES string of the molecule is CC(C)(C)c1cc(-c2ccnc(-c3cc(-c4cc(C(C)(C)C)cc5oc(-c6ccccc6O)nc45)c(C(C)(C)C)cc3C(C)(C)C)c2)cc(C(C)(C)C)c1. The molecule has 6 rings (SSSR count). The van der Waals surface area contributed by atoms with Crippen LogP contribution in [0.1, 0.15) is 132 Å². The highest BCUT2D eigenvalue weighted by Gasteiger charge is 2.30. The van der Waals surface area contributed by atoms with Gasteiger partial charge in [0, 0.05) is 17.3 Å². The molecule has 6 aromatic rings. The van der Waals surface area contributed by atoms with Gasteiger partial charge in [-0.05, 0) is 114 Å². The molecule has 0 bridgehead atoms. The molecule has 0 amide bonds. The quantitative estimate of drug-likeness (QED) is 0.197. The molecule has 0 saturated carbocycles. The fourth-order valence-corrected chi connectivity index (χ4v) is 7.13. The summed E-state index contributed by atoms with van der Waals surface area (Å²) < 4.78 is 6.50. The van der Waals surface area contributed by atoms with E-state index in [9.17, 15) is 5.11 Å². The van der Waals surface area contributed by atoms with Crippen LogP contribution in [0, 0.1) is 0 Å². The molecule has 0 radical (unpaired) electrons. The Morgan fingerprint density at radius 2 is 1.04 bits per heavy atom. The highest BCUT2D eigenvalue weighted by molar-refractivity contribution is 5.96. The number of rotatable bonds is 4. The summed E-state index contributed by atoms with van der Waals surface area (Å²) in [5.74, 6) is 0.545. The van der Waals surface area contributed by atoms with Crippen LogP contribution >= 0.6 is 0 Å². The van der Waals surface area contributed by atoms with Crippen molar-refractivity contribution in [2.45, 2.75) is 131 Å². The molecular formula is C50H60N2O2.